The standard InChI is InChI=1S/C19H13ClI2N2O2/c1-2-6-26-18-16(21)8-12(9-17(18)22)7-13(11-23)19(25)24-15-5-3-4-14(20)10-15/h2-5,7-10H,1,6H2,(H,24,25)/b13-7+. The van der Waals surface area contributed by atoms with Gasteiger partial charge >= 0.3 is 0 Å². The Morgan fingerprint density at radius 1 is 1.31 bits per heavy atom. The van der Waals surface area contributed by atoms with Crippen LogP contribution in [-0.4, -0.2) is 12.5 Å². The molecule has 7 heteroatoms. The Bertz CT molecular complexity index is 897. The molecule has 0 fully saturated rings. The fourth-order valence-corrected chi connectivity index (χ4v) is 4.34. The Morgan fingerprint density at radius 2 is 2.00 bits per heavy atom. The number of ether oxygens (including phenoxy) is 1. The summed E-state index contributed by atoms with van der Waals surface area (Å²) >= 11 is 10.2. The number of nitrogens with one attached hydrogen (secondary N) is 1. The minimum absolute atomic E-state index is 0.00339. The van der Waals surface area contributed by atoms with Gasteiger partial charge in [-0.1, -0.05) is 30.3 Å². The third-order valence-electron chi connectivity index (χ3n) is 3.12. The third-order valence-corrected chi connectivity index (χ3v) is 4.96. The van der Waals surface area contributed by atoms with Gasteiger partial charge in [-0.15, -0.1) is 0 Å². The molecule has 0 bridgehead atoms. The number of nitrogens with zero attached hydrogens (tertiary/aromatic N) is 1. The number of carbonyl (C=O) groups is 1. The Balaban J connectivity index is 2.26. The molecule has 1 N–H and O–H groups in total. The highest BCUT2D eigenvalue weighted by Crippen LogP contribution is 2.30. The Morgan fingerprint density at radius 3 is 2.58 bits per heavy atom. The number of hydrogen-bond acceptors (Lipinski definition) is 3. The number of nitriles is 1. The maximum atomic E-state index is 12.4. The van der Waals surface area contributed by atoms with Crippen molar-refractivity contribution in [2.24, 2.45) is 0 Å². The molecule has 0 atom stereocenters. The topological polar surface area (TPSA) is 62.1 Å². The van der Waals surface area contributed by atoms with Crippen molar-refractivity contribution >= 4 is 74.5 Å². The zero-order valence-corrected chi connectivity index (χ0v) is 18.5. The van der Waals surface area contributed by atoms with E-state index in [0.29, 0.717) is 17.3 Å². The SMILES string of the molecule is C=CCOc1c(I)cc(/C=C(\C#N)C(=O)Nc2cccc(Cl)c2)cc1I. The van der Waals surface area contributed by atoms with Crippen molar-refractivity contribution in [1.82, 2.24) is 0 Å². The highest BCUT2D eigenvalue weighted by atomic mass is 127. The van der Waals surface area contributed by atoms with Crippen LogP contribution in [0.1, 0.15) is 5.56 Å². The fraction of sp³-hybridized carbons (Fsp3) is 0.0526. The summed E-state index contributed by atoms with van der Waals surface area (Å²) in [6.07, 6.45) is 3.22. The molecule has 2 rings (SSSR count). The summed E-state index contributed by atoms with van der Waals surface area (Å²) in [6.45, 7) is 4.04. The van der Waals surface area contributed by atoms with E-state index >= 15 is 0 Å². The molecule has 0 spiro atoms. The average molecular weight is 591 g/mol. The van der Waals surface area contributed by atoms with Crippen LogP contribution in [-0.2, 0) is 4.79 Å². The average Bonchev–Trinajstić information content (AvgIpc) is 2.59. The number of amides is 1. The van der Waals surface area contributed by atoms with Crippen LogP contribution in [0.15, 0.2) is 54.6 Å². The van der Waals surface area contributed by atoms with E-state index in [1.807, 2.05) is 18.2 Å². The van der Waals surface area contributed by atoms with E-state index in [9.17, 15) is 10.1 Å². The maximum Gasteiger partial charge on any atom is 0.266 e. The molecule has 0 aliphatic carbocycles. The van der Waals surface area contributed by atoms with Crippen LogP contribution in [0, 0.1) is 18.5 Å². The first kappa shape index (κ1) is 20.7. The van der Waals surface area contributed by atoms with E-state index < -0.39 is 5.91 Å². The van der Waals surface area contributed by atoms with Gasteiger partial charge in [-0.3, -0.25) is 4.79 Å². The minimum Gasteiger partial charge on any atom is -0.487 e. The van der Waals surface area contributed by atoms with Gasteiger partial charge in [0.1, 0.15) is 24.0 Å². The molecule has 1 amide bonds. The summed E-state index contributed by atoms with van der Waals surface area (Å²) in [4.78, 5) is 12.4. The number of rotatable bonds is 6. The fourth-order valence-electron chi connectivity index (χ4n) is 2.02. The van der Waals surface area contributed by atoms with Crippen molar-refractivity contribution in [2.45, 2.75) is 0 Å². The maximum absolute atomic E-state index is 12.4. The number of halogens is 3. The molecule has 132 valence electrons. The summed E-state index contributed by atoms with van der Waals surface area (Å²) < 4.78 is 7.40. The lowest BCUT2D eigenvalue weighted by Crippen LogP contribution is -2.13. The van der Waals surface area contributed by atoms with Gasteiger partial charge in [0.2, 0.25) is 0 Å². The van der Waals surface area contributed by atoms with Crippen molar-refractivity contribution in [3.05, 3.63) is 72.4 Å². The highest BCUT2D eigenvalue weighted by Gasteiger charge is 2.12. The third kappa shape index (κ3) is 5.72. The molecule has 26 heavy (non-hydrogen) atoms. The molecule has 4 nitrogen and oxygen atoms in total. The molecule has 0 saturated carbocycles. The van der Waals surface area contributed by atoms with E-state index in [4.69, 9.17) is 16.3 Å². The van der Waals surface area contributed by atoms with Crippen LogP contribution in [0.25, 0.3) is 6.08 Å². The van der Waals surface area contributed by atoms with E-state index in [0.717, 1.165) is 18.5 Å². The first-order chi connectivity index (χ1) is 12.4. The number of benzene rings is 2. The Labute approximate surface area is 184 Å². The molecular weight excluding hydrogens is 577 g/mol. The van der Waals surface area contributed by atoms with Crippen molar-refractivity contribution < 1.29 is 9.53 Å². The number of anilines is 1. The highest BCUT2D eigenvalue weighted by molar-refractivity contribution is 14.1. The van der Waals surface area contributed by atoms with Crippen LogP contribution < -0.4 is 10.1 Å². The second kappa shape index (κ2) is 9.94. The Hall–Kier alpha value is -1.57. The zero-order valence-electron chi connectivity index (χ0n) is 13.4. The molecule has 2 aromatic rings. The van der Waals surface area contributed by atoms with Gasteiger partial charge in [-0.05, 0) is 87.2 Å². The van der Waals surface area contributed by atoms with Crippen LogP contribution in [0.3, 0.4) is 0 Å². The van der Waals surface area contributed by atoms with Crippen LogP contribution in [0.4, 0.5) is 5.69 Å². The van der Waals surface area contributed by atoms with Crippen molar-refractivity contribution in [3.63, 3.8) is 0 Å². The summed E-state index contributed by atoms with van der Waals surface area (Å²) in [7, 11) is 0. The second-order valence-corrected chi connectivity index (χ2v) is 7.81. The lowest BCUT2D eigenvalue weighted by Gasteiger charge is -2.10. The largest absolute Gasteiger partial charge is 0.487 e. The van der Waals surface area contributed by atoms with E-state index in [2.05, 4.69) is 57.1 Å². The molecule has 0 aliphatic rings. The molecule has 2 aromatic carbocycles. The van der Waals surface area contributed by atoms with Crippen LogP contribution in [0.5, 0.6) is 5.75 Å². The molecular formula is C19H13ClI2N2O2. The van der Waals surface area contributed by atoms with Crippen LogP contribution >= 0.6 is 56.8 Å². The lowest BCUT2D eigenvalue weighted by atomic mass is 10.1. The minimum atomic E-state index is -0.494. The smallest absolute Gasteiger partial charge is 0.266 e. The lowest BCUT2D eigenvalue weighted by molar-refractivity contribution is -0.112. The molecule has 0 radical (unpaired) electrons. The molecule has 0 aliphatic heterocycles. The number of carbonyl (C=O) groups excluding carboxylic acids is 1. The monoisotopic (exact) mass is 590 g/mol. The van der Waals surface area contributed by atoms with Crippen molar-refractivity contribution in [3.8, 4) is 11.8 Å². The van der Waals surface area contributed by atoms with E-state index in [1.165, 1.54) is 0 Å². The van der Waals surface area contributed by atoms with Gasteiger partial charge < -0.3 is 10.1 Å². The van der Waals surface area contributed by atoms with E-state index in [1.54, 1.807) is 36.4 Å². The summed E-state index contributed by atoms with van der Waals surface area (Å²) in [5.74, 6) is 0.261. The van der Waals surface area contributed by atoms with Gasteiger partial charge in [-0.2, -0.15) is 5.26 Å². The first-order valence-electron chi connectivity index (χ1n) is 7.36. The van der Waals surface area contributed by atoms with Gasteiger partial charge in [0, 0.05) is 10.7 Å². The second-order valence-electron chi connectivity index (χ2n) is 5.05. The molecule has 0 heterocycles. The summed E-state index contributed by atoms with van der Waals surface area (Å²) in [5, 5.41) is 12.5. The predicted molar refractivity (Wildman–Crippen MR) is 121 cm³/mol. The zero-order chi connectivity index (χ0) is 19.1. The molecule has 0 aromatic heterocycles. The Kier molecular flexibility index (Phi) is 7.93. The van der Waals surface area contributed by atoms with Crippen molar-refractivity contribution in [1.29, 1.82) is 5.26 Å². The van der Waals surface area contributed by atoms with Gasteiger partial charge in [-0.25, -0.2) is 0 Å². The predicted octanol–water partition coefficient (Wildman–Crippen LogP) is 5.66. The van der Waals surface area contributed by atoms with Crippen molar-refractivity contribution in [2.75, 3.05) is 11.9 Å². The van der Waals surface area contributed by atoms with Gasteiger partial charge in [0.05, 0.1) is 7.14 Å². The van der Waals surface area contributed by atoms with Crippen LogP contribution in [0.2, 0.25) is 5.02 Å². The molecule has 0 saturated heterocycles. The normalized spacial score (nSPS) is 10.8. The summed E-state index contributed by atoms with van der Waals surface area (Å²) in [5.41, 5.74) is 1.26. The van der Waals surface area contributed by atoms with E-state index in [-0.39, 0.29) is 5.57 Å². The first-order valence-corrected chi connectivity index (χ1v) is 9.89. The summed E-state index contributed by atoms with van der Waals surface area (Å²) in [6, 6.07) is 12.4. The number of hydrogen-bond donors (Lipinski definition) is 1. The molecule has 0 unspecified atom stereocenters. The quantitative estimate of drug-likeness (QED) is 0.205. The van der Waals surface area contributed by atoms with Gasteiger partial charge in [0.15, 0.2) is 0 Å². The van der Waals surface area contributed by atoms with Gasteiger partial charge in [0.25, 0.3) is 5.91 Å².